The van der Waals surface area contributed by atoms with Crippen molar-refractivity contribution in [3.8, 4) is 16.9 Å². The molecular formula is C36H39ClN6O3S. The number of carbonyl (C=O) groups is 1. The molecule has 0 amide bonds. The fourth-order valence-corrected chi connectivity index (χ4v) is 8.45. The van der Waals surface area contributed by atoms with E-state index in [-0.39, 0.29) is 5.69 Å². The summed E-state index contributed by atoms with van der Waals surface area (Å²) in [5.41, 5.74) is 10.1. The van der Waals surface area contributed by atoms with Gasteiger partial charge in [0.15, 0.2) is 0 Å². The van der Waals surface area contributed by atoms with Crippen LogP contribution in [0, 0.1) is 6.92 Å². The van der Waals surface area contributed by atoms with Crippen LogP contribution in [-0.4, -0.2) is 41.8 Å². The topological polar surface area (TPSA) is 99.1 Å². The van der Waals surface area contributed by atoms with Gasteiger partial charge in [-0.15, -0.1) is 11.8 Å². The van der Waals surface area contributed by atoms with Crippen molar-refractivity contribution < 1.29 is 14.6 Å². The molecule has 5 heterocycles. The summed E-state index contributed by atoms with van der Waals surface area (Å²) >= 11 is 8.81. The largest absolute Gasteiger partial charge is 0.493 e. The van der Waals surface area contributed by atoms with Crippen molar-refractivity contribution in [2.75, 3.05) is 6.61 Å². The van der Waals surface area contributed by atoms with Crippen LogP contribution in [-0.2, 0) is 52.3 Å². The molecule has 2 aliphatic heterocycles. The van der Waals surface area contributed by atoms with Gasteiger partial charge in [-0.1, -0.05) is 29.8 Å². The summed E-state index contributed by atoms with van der Waals surface area (Å²) in [5, 5.41) is 25.4. The molecule has 47 heavy (non-hydrogen) atoms. The number of benzene rings is 2. The van der Waals surface area contributed by atoms with Crippen molar-refractivity contribution in [1.82, 2.24) is 29.4 Å². The highest BCUT2D eigenvalue weighted by atomic mass is 35.5. The number of hydrogen-bond acceptors (Lipinski definition) is 6. The van der Waals surface area contributed by atoms with E-state index in [9.17, 15) is 9.90 Å². The fraction of sp³-hybridized carbons (Fsp3) is 0.361. The smallest absolute Gasteiger partial charge is 0.352 e. The van der Waals surface area contributed by atoms with Crippen LogP contribution in [0.2, 0.25) is 5.02 Å². The predicted molar refractivity (Wildman–Crippen MR) is 187 cm³/mol. The fourth-order valence-electron chi connectivity index (χ4n) is 7.17. The van der Waals surface area contributed by atoms with Crippen LogP contribution < -0.4 is 10.1 Å². The molecule has 2 N–H and O–H groups in total. The van der Waals surface area contributed by atoms with E-state index in [1.807, 2.05) is 43.9 Å². The van der Waals surface area contributed by atoms with E-state index in [0.29, 0.717) is 37.6 Å². The van der Waals surface area contributed by atoms with Crippen molar-refractivity contribution >= 4 is 46.3 Å². The van der Waals surface area contributed by atoms with E-state index in [1.165, 1.54) is 0 Å². The zero-order valence-corrected chi connectivity index (χ0v) is 28.8. The molecule has 2 aliphatic rings. The number of rotatable bonds is 2. The lowest BCUT2D eigenvalue weighted by Gasteiger charge is -2.14. The lowest BCUT2D eigenvalue weighted by atomic mass is 9.97. The lowest BCUT2D eigenvalue weighted by molar-refractivity contribution is 0.0685. The van der Waals surface area contributed by atoms with E-state index in [2.05, 4.69) is 41.2 Å². The van der Waals surface area contributed by atoms with Gasteiger partial charge in [0.25, 0.3) is 0 Å². The third kappa shape index (κ3) is 5.76. The first-order valence-electron chi connectivity index (χ1n) is 16.1. The number of ether oxygens (including phenoxy) is 1. The molecule has 0 aliphatic carbocycles. The summed E-state index contributed by atoms with van der Waals surface area (Å²) in [6.45, 7) is 6.54. The SMILES string of the molecule is C/C=C\c1c(C)cc2cc1OCCCc1c(C(=O)O)n(C)c3c(c(Cl)ccc13)-c1c(nn3c1CCC3)CNCc1cc(n(C)n1)CS2. The Balaban J connectivity index is 1.36. The van der Waals surface area contributed by atoms with Crippen molar-refractivity contribution in [2.24, 2.45) is 14.1 Å². The number of aryl methyl sites for hydroxylation is 5. The van der Waals surface area contributed by atoms with Gasteiger partial charge in [-0.25, -0.2) is 4.79 Å². The second-order valence-corrected chi connectivity index (χ2v) is 13.8. The normalized spacial score (nSPS) is 15.5. The first kappa shape index (κ1) is 31.6. The van der Waals surface area contributed by atoms with Crippen molar-refractivity contribution in [3.63, 3.8) is 0 Å². The molecule has 11 heteroatoms. The highest BCUT2D eigenvalue weighted by Gasteiger charge is 2.29. The van der Waals surface area contributed by atoms with E-state index >= 15 is 0 Å². The minimum absolute atomic E-state index is 0.281. The number of carboxylic acids is 1. The minimum atomic E-state index is -0.955. The monoisotopic (exact) mass is 670 g/mol. The standard InChI is InChI=1S/C36H39ClN6O3S/c1-5-8-25-21(2)15-24-17-31(25)46-14-7-9-26-27-11-12-28(37)32(34(27)41(3)35(26)36(44)45)33-29(40-43-13-6-10-30(33)43)19-38-18-22-16-23(20-47-24)42(4)39-22/h5,8,11-12,15-17,38H,6-7,9-10,13-14,18-20H2,1-4H3,(H,44,45)/b8-5-. The van der Waals surface area contributed by atoms with Crippen LogP contribution in [0.1, 0.15) is 69.7 Å². The van der Waals surface area contributed by atoms with Crippen LogP contribution in [0.5, 0.6) is 5.75 Å². The lowest BCUT2D eigenvalue weighted by Crippen LogP contribution is -2.15. The number of fused-ring (bicyclic) bond motifs is 8. The van der Waals surface area contributed by atoms with Gasteiger partial charge in [-0.05, 0) is 74.9 Å². The van der Waals surface area contributed by atoms with Crippen LogP contribution in [0.3, 0.4) is 0 Å². The Hall–Kier alpha value is -3.99. The Morgan fingerprint density at radius 2 is 1.96 bits per heavy atom. The molecular weight excluding hydrogens is 632 g/mol. The van der Waals surface area contributed by atoms with Crippen LogP contribution in [0.4, 0.5) is 0 Å². The predicted octanol–water partition coefficient (Wildman–Crippen LogP) is 7.32. The molecule has 8 bridgehead atoms. The van der Waals surface area contributed by atoms with Crippen molar-refractivity contribution in [1.29, 1.82) is 0 Å². The number of halogens is 1. The Labute approximate surface area is 283 Å². The van der Waals surface area contributed by atoms with Crippen molar-refractivity contribution in [3.05, 3.63) is 86.6 Å². The first-order chi connectivity index (χ1) is 22.7. The molecule has 3 aromatic heterocycles. The quantitative estimate of drug-likeness (QED) is 0.203. The summed E-state index contributed by atoms with van der Waals surface area (Å²) < 4.78 is 12.3. The maximum atomic E-state index is 12.8. The number of aromatic nitrogens is 5. The number of nitrogens with one attached hydrogen (secondary N) is 1. The third-order valence-electron chi connectivity index (χ3n) is 9.27. The van der Waals surface area contributed by atoms with Crippen LogP contribution >= 0.6 is 23.4 Å². The summed E-state index contributed by atoms with van der Waals surface area (Å²) in [6, 6.07) is 10.4. The summed E-state index contributed by atoms with van der Waals surface area (Å²) in [7, 11) is 3.83. The molecule has 2 aromatic carbocycles. The molecule has 5 aromatic rings. The number of hydrogen-bond donors (Lipinski definition) is 2. The maximum Gasteiger partial charge on any atom is 0.352 e. The molecule has 0 fully saturated rings. The Morgan fingerprint density at radius 3 is 2.77 bits per heavy atom. The first-order valence-corrected chi connectivity index (χ1v) is 17.5. The average Bonchev–Trinajstić information content (AvgIpc) is 3.78. The zero-order chi connectivity index (χ0) is 32.8. The van der Waals surface area contributed by atoms with E-state index < -0.39 is 5.97 Å². The molecule has 0 radical (unpaired) electrons. The number of thioether (sulfide) groups is 1. The minimum Gasteiger partial charge on any atom is -0.493 e. The van der Waals surface area contributed by atoms with Gasteiger partial charge in [0.05, 0.1) is 28.5 Å². The summed E-state index contributed by atoms with van der Waals surface area (Å²) in [6.07, 6.45) is 7.23. The Morgan fingerprint density at radius 1 is 1.11 bits per heavy atom. The van der Waals surface area contributed by atoms with Crippen LogP contribution in [0.15, 0.2) is 41.3 Å². The van der Waals surface area contributed by atoms with Gasteiger partial charge in [0.1, 0.15) is 11.4 Å². The molecule has 244 valence electrons. The molecule has 0 atom stereocenters. The zero-order valence-electron chi connectivity index (χ0n) is 27.2. The van der Waals surface area contributed by atoms with Gasteiger partial charge in [-0.3, -0.25) is 9.36 Å². The molecule has 9 nitrogen and oxygen atoms in total. The van der Waals surface area contributed by atoms with Crippen molar-refractivity contribution in [2.45, 2.75) is 69.8 Å². The molecule has 7 rings (SSSR count). The number of aromatic carboxylic acids is 1. The number of carboxylic acid groups (broad SMARTS) is 1. The molecule has 0 unspecified atom stereocenters. The number of nitrogens with zero attached hydrogens (tertiary/aromatic N) is 5. The summed E-state index contributed by atoms with van der Waals surface area (Å²) in [5.74, 6) is 0.655. The van der Waals surface area contributed by atoms with E-state index in [1.54, 1.807) is 16.3 Å². The second kappa shape index (κ2) is 12.9. The van der Waals surface area contributed by atoms with Gasteiger partial charge in [0, 0.05) is 77.8 Å². The van der Waals surface area contributed by atoms with E-state index in [4.69, 9.17) is 26.5 Å². The highest BCUT2D eigenvalue weighted by Crippen LogP contribution is 2.43. The van der Waals surface area contributed by atoms with Crippen LogP contribution in [0.25, 0.3) is 28.1 Å². The molecule has 0 saturated carbocycles. The van der Waals surface area contributed by atoms with Gasteiger partial charge >= 0.3 is 5.97 Å². The Kier molecular flexibility index (Phi) is 8.67. The highest BCUT2D eigenvalue weighted by molar-refractivity contribution is 7.98. The maximum absolute atomic E-state index is 12.8. The number of allylic oxidation sites excluding steroid dienone is 1. The molecule has 0 spiro atoms. The Bertz CT molecular complexity index is 2060. The molecule has 0 saturated heterocycles. The average molecular weight is 671 g/mol. The summed E-state index contributed by atoms with van der Waals surface area (Å²) in [4.78, 5) is 13.9. The van der Waals surface area contributed by atoms with E-state index in [0.717, 1.165) is 97.3 Å². The van der Waals surface area contributed by atoms with Gasteiger partial charge in [0.2, 0.25) is 0 Å². The van der Waals surface area contributed by atoms with Gasteiger partial charge < -0.3 is 19.7 Å². The van der Waals surface area contributed by atoms with Gasteiger partial charge in [-0.2, -0.15) is 10.2 Å². The second-order valence-electron chi connectivity index (χ2n) is 12.4. The third-order valence-corrected chi connectivity index (χ3v) is 10.6.